The van der Waals surface area contributed by atoms with Crippen molar-refractivity contribution in [1.82, 2.24) is 9.88 Å². The van der Waals surface area contributed by atoms with E-state index in [1.807, 2.05) is 66.7 Å². The fourth-order valence-corrected chi connectivity index (χ4v) is 3.67. The van der Waals surface area contributed by atoms with Crippen molar-refractivity contribution in [3.05, 3.63) is 106 Å². The third-order valence-electron chi connectivity index (χ3n) is 4.68. The Morgan fingerprint density at radius 3 is 2.30 bits per heavy atom. The molecule has 3 aromatic rings. The zero-order valence-corrected chi connectivity index (χ0v) is 16.0. The third kappa shape index (κ3) is 3.38. The second kappa shape index (κ2) is 7.37. The number of pyridine rings is 1. The fraction of sp³-hybridized carbons (Fsp3) is 0.0909. The number of nitrogens with zero attached hydrogens (tertiary/aromatic N) is 2. The van der Waals surface area contributed by atoms with E-state index in [2.05, 4.69) is 20.9 Å². The average molecular weight is 421 g/mol. The summed E-state index contributed by atoms with van der Waals surface area (Å²) in [7, 11) is 0. The molecule has 0 bridgehead atoms. The summed E-state index contributed by atoms with van der Waals surface area (Å²) in [5.74, 6) is -0.554. The molecular formula is C22H17BrN2O2. The number of aromatic nitrogens is 1. The first-order valence-electron chi connectivity index (χ1n) is 8.59. The summed E-state index contributed by atoms with van der Waals surface area (Å²) in [5, 5.41) is 10.7. The molecule has 2 aromatic carbocycles. The Balaban J connectivity index is 1.81. The molecule has 0 radical (unpaired) electrons. The Bertz CT molecular complexity index is 986. The SMILES string of the molecule is O=C1C(O)=C(c2ccccc2)[C@H](c2ccc(Br)cc2)N1Cc1ccncc1. The fourth-order valence-electron chi connectivity index (χ4n) is 3.41. The van der Waals surface area contributed by atoms with Crippen LogP contribution in [0.2, 0.25) is 0 Å². The van der Waals surface area contributed by atoms with Gasteiger partial charge in [-0.25, -0.2) is 0 Å². The Morgan fingerprint density at radius 1 is 0.963 bits per heavy atom. The van der Waals surface area contributed by atoms with E-state index in [1.54, 1.807) is 17.3 Å². The molecule has 27 heavy (non-hydrogen) atoms. The Hall–Kier alpha value is -2.92. The van der Waals surface area contributed by atoms with E-state index in [-0.39, 0.29) is 17.7 Å². The minimum Gasteiger partial charge on any atom is -0.503 e. The quantitative estimate of drug-likeness (QED) is 0.652. The molecule has 4 rings (SSSR count). The van der Waals surface area contributed by atoms with Crippen LogP contribution < -0.4 is 0 Å². The summed E-state index contributed by atoms with van der Waals surface area (Å²) in [6, 6.07) is 20.8. The van der Waals surface area contributed by atoms with E-state index in [0.717, 1.165) is 21.2 Å². The van der Waals surface area contributed by atoms with E-state index in [9.17, 15) is 9.90 Å². The number of hydrogen-bond acceptors (Lipinski definition) is 3. The average Bonchev–Trinajstić information content (AvgIpc) is 2.95. The summed E-state index contributed by atoms with van der Waals surface area (Å²) in [6.45, 7) is 0.391. The number of amides is 1. The molecule has 1 aliphatic heterocycles. The number of hydrogen-bond donors (Lipinski definition) is 1. The van der Waals surface area contributed by atoms with Crippen LogP contribution in [0.25, 0.3) is 5.57 Å². The lowest BCUT2D eigenvalue weighted by atomic mass is 9.93. The van der Waals surface area contributed by atoms with Gasteiger partial charge in [0.15, 0.2) is 5.76 Å². The van der Waals surface area contributed by atoms with Gasteiger partial charge in [0, 0.05) is 29.0 Å². The molecule has 0 aliphatic carbocycles. The van der Waals surface area contributed by atoms with Gasteiger partial charge in [0.05, 0.1) is 6.04 Å². The highest BCUT2D eigenvalue weighted by Crippen LogP contribution is 2.43. The first kappa shape index (κ1) is 17.5. The number of rotatable bonds is 4. The highest BCUT2D eigenvalue weighted by Gasteiger charge is 2.40. The number of aliphatic hydroxyl groups is 1. The molecule has 134 valence electrons. The van der Waals surface area contributed by atoms with Crippen molar-refractivity contribution in [2.24, 2.45) is 0 Å². The molecule has 0 saturated carbocycles. The van der Waals surface area contributed by atoms with E-state index in [1.165, 1.54) is 0 Å². The highest BCUT2D eigenvalue weighted by atomic mass is 79.9. The van der Waals surface area contributed by atoms with Gasteiger partial charge in [-0.1, -0.05) is 58.4 Å². The van der Waals surface area contributed by atoms with Crippen molar-refractivity contribution in [3.63, 3.8) is 0 Å². The topological polar surface area (TPSA) is 53.4 Å². The van der Waals surface area contributed by atoms with Crippen molar-refractivity contribution in [1.29, 1.82) is 0 Å². The smallest absolute Gasteiger partial charge is 0.290 e. The third-order valence-corrected chi connectivity index (χ3v) is 5.21. The summed E-state index contributed by atoms with van der Waals surface area (Å²) >= 11 is 3.46. The molecule has 1 amide bonds. The molecule has 0 fully saturated rings. The molecule has 0 spiro atoms. The maximum Gasteiger partial charge on any atom is 0.290 e. The molecule has 1 N–H and O–H groups in total. The normalized spacial score (nSPS) is 16.9. The van der Waals surface area contributed by atoms with Crippen molar-refractivity contribution >= 4 is 27.4 Å². The first-order valence-corrected chi connectivity index (χ1v) is 9.38. The molecule has 5 heteroatoms. The lowest BCUT2D eigenvalue weighted by Crippen LogP contribution is -2.29. The van der Waals surface area contributed by atoms with E-state index in [4.69, 9.17) is 0 Å². The largest absolute Gasteiger partial charge is 0.503 e. The van der Waals surface area contributed by atoms with Crippen molar-refractivity contribution < 1.29 is 9.90 Å². The Labute approximate surface area is 165 Å². The highest BCUT2D eigenvalue weighted by molar-refractivity contribution is 9.10. The van der Waals surface area contributed by atoms with Crippen LogP contribution in [-0.4, -0.2) is 20.9 Å². The molecule has 4 nitrogen and oxygen atoms in total. The van der Waals surface area contributed by atoms with Gasteiger partial charge in [0.2, 0.25) is 0 Å². The monoisotopic (exact) mass is 420 g/mol. The van der Waals surface area contributed by atoms with Crippen LogP contribution in [-0.2, 0) is 11.3 Å². The minimum absolute atomic E-state index is 0.192. The van der Waals surface area contributed by atoms with Gasteiger partial charge in [0.1, 0.15) is 0 Å². The van der Waals surface area contributed by atoms with Crippen LogP contribution in [0.5, 0.6) is 0 Å². The predicted molar refractivity (Wildman–Crippen MR) is 108 cm³/mol. The van der Waals surface area contributed by atoms with E-state index >= 15 is 0 Å². The molecular weight excluding hydrogens is 404 g/mol. The molecule has 1 aromatic heterocycles. The summed E-state index contributed by atoms with van der Waals surface area (Å²) < 4.78 is 0.964. The van der Waals surface area contributed by atoms with Gasteiger partial charge in [0.25, 0.3) is 5.91 Å². The van der Waals surface area contributed by atoms with Crippen LogP contribution in [0.4, 0.5) is 0 Å². The minimum atomic E-state index is -0.362. The zero-order valence-electron chi connectivity index (χ0n) is 14.4. The van der Waals surface area contributed by atoms with E-state index in [0.29, 0.717) is 12.1 Å². The Kier molecular flexibility index (Phi) is 4.77. The molecule has 1 atom stereocenters. The van der Waals surface area contributed by atoms with Gasteiger partial charge in [-0.3, -0.25) is 9.78 Å². The molecule has 0 saturated heterocycles. The maximum atomic E-state index is 12.9. The van der Waals surface area contributed by atoms with Gasteiger partial charge >= 0.3 is 0 Å². The van der Waals surface area contributed by atoms with Gasteiger partial charge in [-0.05, 0) is 41.0 Å². The number of carbonyl (C=O) groups excluding carboxylic acids is 1. The number of aliphatic hydroxyl groups excluding tert-OH is 1. The summed E-state index contributed by atoms with van der Waals surface area (Å²) in [6.07, 6.45) is 3.41. The summed E-state index contributed by atoms with van der Waals surface area (Å²) in [5.41, 5.74) is 3.39. The van der Waals surface area contributed by atoms with Crippen molar-refractivity contribution in [3.8, 4) is 0 Å². The van der Waals surface area contributed by atoms with Crippen LogP contribution in [0, 0.1) is 0 Å². The van der Waals surface area contributed by atoms with Gasteiger partial charge in [-0.2, -0.15) is 0 Å². The Morgan fingerprint density at radius 2 is 1.63 bits per heavy atom. The van der Waals surface area contributed by atoms with Crippen LogP contribution in [0.3, 0.4) is 0 Å². The van der Waals surface area contributed by atoms with Gasteiger partial charge in [-0.15, -0.1) is 0 Å². The second-order valence-corrected chi connectivity index (χ2v) is 7.29. The maximum absolute atomic E-state index is 12.9. The van der Waals surface area contributed by atoms with Crippen molar-refractivity contribution in [2.45, 2.75) is 12.6 Å². The second-order valence-electron chi connectivity index (χ2n) is 6.37. The first-order chi connectivity index (χ1) is 13.1. The van der Waals surface area contributed by atoms with Gasteiger partial charge < -0.3 is 10.0 Å². The van der Waals surface area contributed by atoms with Crippen LogP contribution in [0.1, 0.15) is 22.7 Å². The summed E-state index contributed by atoms with van der Waals surface area (Å²) in [4.78, 5) is 18.7. The number of carbonyl (C=O) groups is 1. The zero-order chi connectivity index (χ0) is 18.8. The number of halogens is 1. The molecule has 0 unspecified atom stereocenters. The van der Waals surface area contributed by atoms with Crippen LogP contribution >= 0.6 is 15.9 Å². The standard InChI is InChI=1S/C22H17BrN2O2/c23-18-8-6-17(7-9-18)20-19(16-4-2-1-3-5-16)21(26)22(27)25(20)14-15-10-12-24-13-11-15/h1-13,20,26H,14H2/t20-/m0/s1. The lowest BCUT2D eigenvalue weighted by Gasteiger charge is -2.27. The van der Waals surface area contributed by atoms with Crippen molar-refractivity contribution in [2.75, 3.05) is 0 Å². The lowest BCUT2D eigenvalue weighted by molar-refractivity contribution is -0.130. The molecule has 2 heterocycles. The van der Waals surface area contributed by atoms with E-state index < -0.39 is 0 Å². The predicted octanol–water partition coefficient (Wildman–Crippen LogP) is 4.90. The molecule has 1 aliphatic rings. The van der Waals surface area contributed by atoms with Crippen LogP contribution in [0.15, 0.2) is 89.4 Å². The number of benzene rings is 2.